The third-order valence-electron chi connectivity index (χ3n) is 4.53. The Morgan fingerprint density at radius 2 is 2.00 bits per heavy atom. The van der Waals surface area contributed by atoms with E-state index in [2.05, 4.69) is 24.4 Å². The van der Waals surface area contributed by atoms with Gasteiger partial charge in [0.05, 0.1) is 0 Å². The lowest BCUT2D eigenvalue weighted by Gasteiger charge is -2.14. The van der Waals surface area contributed by atoms with Gasteiger partial charge >= 0.3 is 0 Å². The summed E-state index contributed by atoms with van der Waals surface area (Å²) in [5.41, 5.74) is 2.31. The van der Waals surface area contributed by atoms with E-state index in [9.17, 15) is 4.79 Å². The van der Waals surface area contributed by atoms with Gasteiger partial charge in [0, 0.05) is 18.7 Å². The highest BCUT2D eigenvalue weighted by molar-refractivity contribution is 5.92. The summed E-state index contributed by atoms with van der Waals surface area (Å²) in [7, 11) is 1.95. The first-order valence-electron chi connectivity index (χ1n) is 8.34. The molecule has 1 fully saturated rings. The Morgan fingerprint density at radius 1 is 1.25 bits per heavy atom. The maximum Gasteiger partial charge on any atom is 0.289 e. The van der Waals surface area contributed by atoms with Crippen LogP contribution >= 0.6 is 12.4 Å². The summed E-state index contributed by atoms with van der Waals surface area (Å²) in [6.45, 7) is 4.71. The molecule has 2 aromatic rings. The molecule has 0 spiro atoms. The molecule has 1 aliphatic rings. The van der Waals surface area contributed by atoms with Crippen LogP contribution in [0.4, 0.5) is 0 Å². The van der Waals surface area contributed by atoms with Crippen LogP contribution in [0.2, 0.25) is 0 Å². The summed E-state index contributed by atoms with van der Waals surface area (Å²) < 4.78 is 5.81. The van der Waals surface area contributed by atoms with E-state index in [1.807, 2.05) is 30.1 Å². The van der Waals surface area contributed by atoms with E-state index in [-0.39, 0.29) is 18.3 Å². The summed E-state index contributed by atoms with van der Waals surface area (Å²) in [6, 6.07) is 12.0. The minimum atomic E-state index is 0. The van der Waals surface area contributed by atoms with E-state index in [4.69, 9.17) is 4.42 Å². The molecule has 1 unspecified atom stereocenters. The second kappa shape index (κ2) is 8.36. The van der Waals surface area contributed by atoms with E-state index in [1.165, 1.54) is 5.56 Å². The molecule has 1 saturated heterocycles. The van der Waals surface area contributed by atoms with Crippen molar-refractivity contribution in [2.75, 3.05) is 26.7 Å². The van der Waals surface area contributed by atoms with Gasteiger partial charge in [0.15, 0.2) is 5.76 Å². The highest BCUT2D eigenvalue weighted by Gasteiger charge is 2.28. The standard InChI is InChI=1S/C19H24N2O2.ClH/c1-3-14-4-6-16(7-5-14)17-8-9-18(23-17)19(22)21-11-10-15(13-21)12-20-2;/h4-9,15,20H,3,10-13H2,1-2H3;1H. The quantitative estimate of drug-likeness (QED) is 0.897. The van der Waals surface area contributed by atoms with E-state index in [0.29, 0.717) is 11.7 Å². The molecule has 2 heterocycles. The van der Waals surface area contributed by atoms with Gasteiger partial charge in [0.25, 0.3) is 5.91 Å². The highest BCUT2D eigenvalue weighted by Crippen LogP contribution is 2.25. The molecule has 1 aromatic carbocycles. The number of hydrogen-bond donors (Lipinski definition) is 1. The highest BCUT2D eigenvalue weighted by atomic mass is 35.5. The summed E-state index contributed by atoms with van der Waals surface area (Å²) in [5.74, 6) is 1.73. The van der Waals surface area contributed by atoms with Crippen LogP contribution in [0.5, 0.6) is 0 Å². The number of hydrogen-bond acceptors (Lipinski definition) is 3. The zero-order valence-electron chi connectivity index (χ0n) is 14.2. The average molecular weight is 349 g/mol. The van der Waals surface area contributed by atoms with Crippen LogP contribution in [0.3, 0.4) is 0 Å². The molecular weight excluding hydrogens is 324 g/mol. The maximum atomic E-state index is 12.6. The van der Waals surface area contributed by atoms with Gasteiger partial charge in [-0.2, -0.15) is 0 Å². The molecule has 1 atom stereocenters. The molecule has 1 N–H and O–H groups in total. The molecule has 5 heteroatoms. The minimum absolute atomic E-state index is 0. The number of nitrogens with one attached hydrogen (secondary N) is 1. The minimum Gasteiger partial charge on any atom is -0.451 e. The van der Waals surface area contributed by atoms with Gasteiger partial charge in [-0.1, -0.05) is 31.2 Å². The van der Waals surface area contributed by atoms with Gasteiger partial charge in [0.2, 0.25) is 0 Å². The Balaban J connectivity index is 0.00000208. The number of rotatable bonds is 5. The molecule has 1 aliphatic heterocycles. The Kier molecular flexibility index (Phi) is 6.46. The number of carbonyl (C=O) groups is 1. The van der Waals surface area contributed by atoms with E-state index in [0.717, 1.165) is 43.8 Å². The maximum absolute atomic E-state index is 12.6. The molecule has 130 valence electrons. The van der Waals surface area contributed by atoms with Gasteiger partial charge in [0.1, 0.15) is 5.76 Å². The Bertz CT molecular complexity index is 666. The lowest BCUT2D eigenvalue weighted by atomic mass is 10.1. The molecular formula is C19H25ClN2O2. The van der Waals surface area contributed by atoms with Crippen molar-refractivity contribution in [1.29, 1.82) is 0 Å². The molecule has 24 heavy (non-hydrogen) atoms. The van der Waals surface area contributed by atoms with Crippen LogP contribution in [0.1, 0.15) is 29.5 Å². The number of carbonyl (C=O) groups excluding carboxylic acids is 1. The van der Waals surface area contributed by atoms with Gasteiger partial charge in [-0.25, -0.2) is 0 Å². The predicted molar refractivity (Wildman–Crippen MR) is 98.7 cm³/mol. The predicted octanol–water partition coefficient (Wildman–Crippen LogP) is 3.61. The zero-order valence-corrected chi connectivity index (χ0v) is 15.1. The lowest BCUT2D eigenvalue weighted by molar-refractivity contribution is 0.0756. The first-order valence-corrected chi connectivity index (χ1v) is 8.34. The van der Waals surface area contributed by atoms with Crippen molar-refractivity contribution < 1.29 is 9.21 Å². The SMILES string of the molecule is CCc1ccc(-c2ccc(C(=O)N3CCC(CNC)C3)o2)cc1.Cl. The third-order valence-corrected chi connectivity index (χ3v) is 4.53. The molecule has 1 aromatic heterocycles. The molecule has 1 amide bonds. The van der Waals surface area contributed by atoms with Gasteiger partial charge in [-0.05, 0) is 50.0 Å². The number of nitrogens with zero attached hydrogens (tertiary/aromatic N) is 1. The molecule has 3 rings (SSSR count). The average Bonchev–Trinajstić information content (AvgIpc) is 3.24. The van der Waals surface area contributed by atoms with E-state index in [1.54, 1.807) is 6.07 Å². The fourth-order valence-electron chi connectivity index (χ4n) is 3.14. The number of amides is 1. The number of aryl methyl sites for hydroxylation is 1. The molecule has 0 aliphatic carbocycles. The molecule has 0 radical (unpaired) electrons. The van der Waals surface area contributed by atoms with Crippen molar-refractivity contribution >= 4 is 18.3 Å². The zero-order chi connectivity index (χ0) is 16.2. The smallest absolute Gasteiger partial charge is 0.289 e. The first kappa shape index (κ1) is 18.6. The van der Waals surface area contributed by atoms with E-state index >= 15 is 0 Å². The van der Waals surface area contributed by atoms with Crippen LogP contribution in [-0.2, 0) is 6.42 Å². The molecule has 4 nitrogen and oxygen atoms in total. The first-order chi connectivity index (χ1) is 11.2. The van der Waals surface area contributed by atoms with E-state index < -0.39 is 0 Å². The van der Waals surface area contributed by atoms with Crippen molar-refractivity contribution in [1.82, 2.24) is 10.2 Å². The van der Waals surface area contributed by atoms with Crippen molar-refractivity contribution in [3.63, 3.8) is 0 Å². The number of benzene rings is 1. The fourth-order valence-corrected chi connectivity index (χ4v) is 3.14. The van der Waals surface area contributed by atoms with Gasteiger partial charge in [-0.15, -0.1) is 12.4 Å². The normalized spacial score (nSPS) is 16.9. The Labute approximate surface area is 149 Å². The summed E-state index contributed by atoms with van der Waals surface area (Å²) in [5, 5.41) is 3.18. The monoisotopic (exact) mass is 348 g/mol. The number of likely N-dealkylation sites (tertiary alicyclic amines) is 1. The summed E-state index contributed by atoms with van der Waals surface area (Å²) in [4.78, 5) is 14.4. The number of halogens is 1. The van der Waals surface area contributed by atoms with Crippen molar-refractivity contribution in [3.05, 3.63) is 47.7 Å². The van der Waals surface area contributed by atoms with Crippen molar-refractivity contribution in [2.24, 2.45) is 5.92 Å². The second-order valence-electron chi connectivity index (χ2n) is 6.18. The molecule has 0 saturated carbocycles. The largest absolute Gasteiger partial charge is 0.451 e. The van der Waals surface area contributed by atoms with Crippen LogP contribution in [0.25, 0.3) is 11.3 Å². The van der Waals surface area contributed by atoms with Crippen molar-refractivity contribution in [2.45, 2.75) is 19.8 Å². The van der Waals surface area contributed by atoms with Crippen LogP contribution in [-0.4, -0.2) is 37.5 Å². The second-order valence-corrected chi connectivity index (χ2v) is 6.18. The molecule has 0 bridgehead atoms. The van der Waals surface area contributed by atoms with Gasteiger partial charge < -0.3 is 14.6 Å². The lowest BCUT2D eigenvalue weighted by Crippen LogP contribution is -2.30. The van der Waals surface area contributed by atoms with Crippen LogP contribution < -0.4 is 5.32 Å². The van der Waals surface area contributed by atoms with Crippen LogP contribution in [0.15, 0.2) is 40.8 Å². The summed E-state index contributed by atoms with van der Waals surface area (Å²) >= 11 is 0. The van der Waals surface area contributed by atoms with Gasteiger partial charge in [-0.3, -0.25) is 4.79 Å². The van der Waals surface area contributed by atoms with Crippen LogP contribution in [0, 0.1) is 5.92 Å². The summed E-state index contributed by atoms with van der Waals surface area (Å²) in [6.07, 6.45) is 2.07. The fraction of sp³-hybridized carbons (Fsp3) is 0.421. The Hall–Kier alpha value is -1.78. The van der Waals surface area contributed by atoms with Crippen molar-refractivity contribution in [3.8, 4) is 11.3 Å². The Morgan fingerprint density at radius 3 is 2.67 bits per heavy atom. The topological polar surface area (TPSA) is 45.5 Å². The number of furan rings is 1. The third kappa shape index (κ3) is 4.00.